The van der Waals surface area contributed by atoms with Crippen LogP contribution < -0.4 is 10.6 Å². The second-order valence-corrected chi connectivity index (χ2v) is 7.10. The minimum absolute atomic E-state index is 0.0826. The number of aromatic nitrogens is 2. The van der Waals surface area contributed by atoms with E-state index in [0.717, 1.165) is 16.7 Å². The summed E-state index contributed by atoms with van der Waals surface area (Å²) < 4.78 is 0. The number of para-hydroxylation sites is 1. The first-order valence-electron chi connectivity index (χ1n) is 7.97. The predicted octanol–water partition coefficient (Wildman–Crippen LogP) is 5.41. The Morgan fingerprint density at radius 3 is 2.77 bits per heavy atom. The topological polar surface area (TPSA) is 70.1 Å². The summed E-state index contributed by atoms with van der Waals surface area (Å²) in [6, 6.07) is 16.7. The number of halogens is 1. The summed E-state index contributed by atoms with van der Waals surface area (Å²) in [7, 11) is 0. The molecule has 7 heteroatoms. The largest absolute Gasteiger partial charge is 0.506 e. The third-order valence-corrected chi connectivity index (χ3v) is 4.93. The van der Waals surface area contributed by atoms with Crippen molar-refractivity contribution in [2.24, 2.45) is 0 Å². The smallest absolute Gasteiger partial charge is 0.229 e. The maximum absolute atomic E-state index is 10.0. The molecule has 0 saturated carbocycles. The number of hydrogen-bond donors (Lipinski definition) is 3. The van der Waals surface area contributed by atoms with Crippen molar-refractivity contribution in [2.75, 3.05) is 10.6 Å². The first kappa shape index (κ1) is 16.6. The van der Waals surface area contributed by atoms with E-state index < -0.39 is 0 Å². The fourth-order valence-corrected chi connectivity index (χ4v) is 3.40. The zero-order chi connectivity index (χ0) is 17.9. The van der Waals surface area contributed by atoms with Crippen LogP contribution in [0.5, 0.6) is 5.75 Å². The molecule has 26 heavy (non-hydrogen) atoms. The molecular weight excluding hydrogens is 368 g/mol. The molecule has 0 aliphatic carbocycles. The minimum atomic E-state index is 0.0826. The van der Waals surface area contributed by atoms with Crippen molar-refractivity contribution in [1.29, 1.82) is 0 Å². The van der Waals surface area contributed by atoms with Crippen LogP contribution in [-0.2, 0) is 6.54 Å². The Kier molecular flexibility index (Phi) is 4.60. The van der Waals surface area contributed by atoms with Gasteiger partial charge in [0.1, 0.15) is 11.6 Å². The molecule has 2 heterocycles. The van der Waals surface area contributed by atoms with Crippen molar-refractivity contribution < 1.29 is 5.11 Å². The van der Waals surface area contributed by atoms with Gasteiger partial charge in [-0.2, -0.15) is 4.98 Å². The van der Waals surface area contributed by atoms with Crippen LogP contribution in [0.3, 0.4) is 0 Å². The highest BCUT2D eigenvalue weighted by molar-refractivity contribution is 7.09. The normalized spacial score (nSPS) is 10.8. The lowest BCUT2D eigenvalue weighted by atomic mass is 10.2. The van der Waals surface area contributed by atoms with Gasteiger partial charge in [0, 0.05) is 15.3 Å². The predicted molar refractivity (Wildman–Crippen MR) is 108 cm³/mol. The third kappa shape index (κ3) is 3.56. The van der Waals surface area contributed by atoms with Crippen molar-refractivity contribution in [1.82, 2.24) is 9.97 Å². The number of nitrogens with zero attached hydrogens (tertiary/aromatic N) is 2. The molecule has 0 aliphatic heterocycles. The fraction of sp³-hybridized carbons (Fsp3) is 0.0526. The molecule has 0 saturated heterocycles. The molecule has 2 aromatic carbocycles. The lowest BCUT2D eigenvalue weighted by molar-refractivity contribution is 0.477. The lowest BCUT2D eigenvalue weighted by Gasteiger charge is -2.12. The second kappa shape index (κ2) is 7.19. The van der Waals surface area contributed by atoms with Crippen LogP contribution in [0, 0.1) is 0 Å². The maximum atomic E-state index is 10.0. The molecule has 0 spiro atoms. The molecule has 0 aliphatic rings. The van der Waals surface area contributed by atoms with Crippen molar-refractivity contribution in [3.8, 4) is 5.75 Å². The molecule has 0 fully saturated rings. The Morgan fingerprint density at radius 2 is 1.92 bits per heavy atom. The molecule has 3 N–H and O–H groups in total. The van der Waals surface area contributed by atoms with E-state index in [-0.39, 0.29) is 5.75 Å². The first-order valence-corrected chi connectivity index (χ1v) is 9.23. The summed E-state index contributed by atoms with van der Waals surface area (Å²) in [6.07, 6.45) is 0. The number of phenols is 1. The number of aromatic hydroxyl groups is 1. The molecule has 0 radical (unpaired) electrons. The molecule has 0 bridgehead atoms. The Morgan fingerprint density at radius 1 is 1.04 bits per heavy atom. The van der Waals surface area contributed by atoms with Gasteiger partial charge < -0.3 is 15.7 Å². The van der Waals surface area contributed by atoms with Crippen molar-refractivity contribution in [3.63, 3.8) is 0 Å². The van der Waals surface area contributed by atoms with Gasteiger partial charge in [0.15, 0.2) is 0 Å². The Hall–Kier alpha value is -2.83. The van der Waals surface area contributed by atoms with E-state index >= 15 is 0 Å². The van der Waals surface area contributed by atoms with E-state index in [2.05, 4.69) is 26.7 Å². The highest BCUT2D eigenvalue weighted by Gasteiger charge is 2.10. The highest BCUT2D eigenvalue weighted by atomic mass is 35.5. The van der Waals surface area contributed by atoms with Gasteiger partial charge in [0.05, 0.1) is 17.7 Å². The zero-order valence-corrected chi connectivity index (χ0v) is 15.2. The molecule has 5 nitrogen and oxygen atoms in total. The van der Waals surface area contributed by atoms with Gasteiger partial charge in [0.2, 0.25) is 5.95 Å². The van der Waals surface area contributed by atoms with Crippen molar-refractivity contribution in [3.05, 3.63) is 69.9 Å². The van der Waals surface area contributed by atoms with Crippen LogP contribution in [-0.4, -0.2) is 15.1 Å². The van der Waals surface area contributed by atoms with Crippen LogP contribution in [0.4, 0.5) is 17.5 Å². The quantitative estimate of drug-likeness (QED) is 0.403. The fourth-order valence-electron chi connectivity index (χ4n) is 2.58. The number of thiophene rings is 1. The summed E-state index contributed by atoms with van der Waals surface area (Å²) in [5, 5.41) is 19.9. The van der Waals surface area contributed by atoms with Crippen LogP contribution >= 0.6 is 22.9 Å². The van der Waals surface area contributed by atoms with Gasteiger partial charge in [-0.3, -0.25) is 0 Å². The standard InChI is InChI=1S/C19H15ClN4OS/c20-12-7-8-17(25)16(10-12)23-19-22-15-6-2-1-5-14(15)18(24-19)21-11-13-4-3-9-26-13/h1-10,25H,11H2,(H2,21,22,23,24). The Labute approximate surface area is 159 Å². The molecule has 0 unspecified atom stereocenters. The van der Waals surface area contributed by atoms with E-state index in [0.29, 0.717) is 23.2 Å². The maximum Gasteiger partial charge on any atom is 0.229 e. The van der Waals surface area contributed by atoms with E-state index in [1.807, 2.05) is 35.7 Å². The summed E-state index contributed by atoms with van der Waals surface area (Å²) >= 11 is 7.70. The number of phenolic OH excluding ortho intramolecular Hbond substituents is 1. The SMILES string of the molecule is Oc1ccc(Cl)cc1Nc1nc(NCc2cccs2)c2ccccc2n1. The number of fused-ring (bicyclic) bond motifs is 1. The van der Waals surface area contributed by atoms with Crippen LogP contribution in [0.15, 0.2) is 60.0 Å². The average molecular weight is 383 g/mol. The van der Waals surface area contributed by atoms with E-state index in [1.165, 1.54) is 10.9 Å². The lowest BCUT2D eigenvalue weighted by Crippen LogP contribution is -2.05. The number of nitrogens with one attached hydrogen (secondary N) is 2. The summed E-state index contributed by atoms with van der Waals surface area (Å²) in [6.45, 7) is 0.681. The Balaban J connectivity index is 1.69. The monoisotopic (exact) mass is 382 g/mol. The van der Waals surface area contributed by atoms with Crippen molar-refractivity contribution >= 4 is 51.3 Å². The van der Waals surface area contributed by atoms with E-state index in [9.17, 15) is 5.11 Å². The van der Waals surface area contributed by atoms with Crippen molar-refractivity contribution in [2.45, 2.75) is 6.54 Å². The molecular formula is C19H15ClN4OS. The van der Waals surface area contributed by atoms with Crippen LogP contribution in [0.1, 0.15) is 4.88 Å². The first-order chi connectivity index (χ1) is 12.7. The number of rotatable bonds is 5. The molecule has 2 aromatic heterocycles. The van der Waals surface area contributed by atoms with Gasteiger partial charge in [-0.15, -0.1) is 11.3 Å². The zero-order valence-electron chi connectivity index (χ0n) is 13.6. The van der Waals surface area contributed by atoms with Crippen LogP contribution in [0.2, 0.25) is 5.02 Å². The van der Waals surface area contributed by atoms with Gasteiger partial charge in [-0.25, -0.2) is 4.98 Å². The Bertz CT molecular complexity index is 1050. The van der Waals surface area contributed by atoms with Gasteiger partial charge >= 0.3 is 0 Å². The summed E-state index contributed by atoms with van der Waals surface area (Å²) in [4.78, 5) is 10.3. The average Bonchev–Trinajstić information content (AvgIpc) is 3.16. The molecule has 4 aromatic rings. The molecule has 130 valence electrons. The number of hydrogen-bond acceptors (Lipinski definition) is 6. The second-order valence-electron chi connectivity index (χ2n) is 5.63. The third-order valence-electron chi connectivity index (χ3n) is 3.82. The molecule has 0 amide bonds. The number of anilines is 3. The minimum Gasteiger partial charge on any atom is -0.506 e. The van der Waals surface area contributed by atoms with Gasteiger partial charge in [-0.1, -0.05) is 29.8 Å². The number of benzene rings is 2. The molecule has 0 atom stereocenters. The van der Waals surface area contributed by atoms with Gasteiger partial charge in [-0.05, 0) is 41.8 Å². The summed E-state index contributed by atoms with van der Waals surface area (Å²) in [5.74, 6) is 1.20. The molecule has 4 rings (SSSR count). The van der Waals surface area contributed by atoms with Crippen LogP contribution in [0.25, 0.3) is 10.9 Å². The van der Waals surface area contributed by atoms with Gasteiger partial charge in [0.25, 0.3) is 0 Å². The highest BCUT2D eigenvalue weighted by Crippen LogP contribution is 2.30. The summed E-state index contributed by atoms with van der Waals surface area (Å²) in [5.41, 5.74) is 1.26. The van der Waals surface area contributed by atoms with E-state index in [1.54, 1.807) is 23.5 Å². The van der Waals surface area contributed by atoms with E-state index in [4.69, 9.17) is 11.6 Å².